The summed E-state index contributed by atoms with van der Waals surface area (Å²) in [5.74, 6) is 1.99. The zero-order valence-electron chi connectivity index (χ0n) is 11.0. The van der Waals surface area contributed by atoms with Crippen LogP contribution in [0.25, 0.3) is 5.69 Å². The Labute approximate surface area is 121 Å². The zero-order chi connectivity index (χ0) is 13.9. The van der Waals surface area contributed by atoms with E-state index in [0.29, 0.717) is 11.4 Å². The summed E-state index contributed by atoms with van der Waals surface area (Å²) in [6.45, 7) is 0. The molecular weight excluding hydrogens is 272 g/mol. The van der Waals surface area contributed by atoms with E-state index in [-0.39, 0.29) is 11.9 Å². The fourth-order valence-corrected chi connectivity index (χ4v) is 3.32. The van der Waals surface area contributed by atoms with Crippen LogP contribution in [-0.4, -0.2) is 33.2 Å². The lowest BCUT2D eigenvalue weighted by molar-refractivity contribution is 0.0935. The maximum Gasteiger partial charge on any atom is 0.272 e. The topological polar surface area (TPSA) is 72.9 Å². The molecule has 1 aromatic carbocycles. The van der Waals surface area contributed by atoms with Crippen LogP contribution in [0.5, 0.6) is 0 Å². The van der Waals surface area contributed by atoms with Gasteiger partial charge in [-0.3, -0.25) is 4.79 Å². The average Bonchev–Trinajstić information content (AvgIpc) is 3.09. The van der Waals surface area contributed by atoms with E-state index in [1.165, 1.54) is 0 Å². The molecule has 1 saturated heterocycles. The molecule has 104 valence electrons. The maximum absolute atomic E-state index is 12.1. The highest BCUT2D eigenvalue weighted by molar-refractivity contribution is 7.99. The smallest absolute Gasteiger partial charge is 0.272 e. The molecule has 0 aliphatic carbocycles. The molecule has 3 N–H and O–H groups in total. The van der Waals surface area contributed by atoms with Crippen molar-refractivity contribution in [1.82, 2.24) is 15.1 Å². The second kappa shape index (κ2) is 5.58. The van der Waals surface area contributed by atoms with Gasteiger partial charge in [0.05, 0.1) is 5.69 Å². The van der Waals surface area contributed by atoms with Crippen molar-refractivity contribution in [2.45, 2.75) is 12.5 Å². The van der Waals surface area contributed by atoms with Crippen LogP contribution in [0, 0.1) is 0 Å². The minimum absolute atomic E-state index is 0.111. The predicted molar refractivity (Wildman–Crippen MR) is 81.2 cm³/mol. The Morgan fingerprint density at radius 1 is 1.45 bits per heavy atom. The third-order valence-electron chi connectivity index (χ3n) is 3.22. The number of nitrogens with two attached hydrogens (primary N) is 1. The molecule has 1 aromatic heterocycles. The van der Waals surface area contributed by atoms with Crippen molar-refractivity contribution < 1.29 is 4.79 Å². The number of hydrogen-bond donors (Lipinski definition) is 2. The monoisotopic (exact) mass is 288 g/mol. The number of hydrogen-bond acceptors (Lipinski definition) is 4. The van der Waals surface area contributed by atoms with Crippen molar-refractivity contribution in [2.24, 2.45) is 0 Å². The number of anilines is 1. The molecule has 1 unspecified atom stereocenters. The van der Waals surface area contributed by atoms with Gasteiger partial charge in [0, 0.05) is 23.7 Å². The summed E-state index contributed by atoms with van der Waals surface area (Å²) in [5, 5.41) is 7.32. The number of nitrogen functional groups attached to an aromatic ring is 1. The Kier molecular flexibility index (Phi) is 3.64. The first-order valence-electron chi connectivity index (χ1n) is 6.52. The van der Waals surface area contributed by atoms with Crippen LogP contribution >= 0.6 is 11.8 Å². The van der Waals surface area contributed by atoms with Crippen LogP contribution in [0.15, 0.2) is 36.5 Å². The molecule has 0 saturated carbocycles. The van der Waals surface area contributed by atoms with Gasteiger partial charge in [-0.1, -0.05) is 6.07 Å². The highest BCUT2D eigenvalue weighted by atomic mass is 32.2. The molecular formula is C14H16N4OS. The lowest BCUT2D eigenvalue weighted by atomic mass is 10.2. The van der Waals surface area contributed by atoms with E-state index in [1.54, 1.807) is 16.9 Å². The summed E-state index contributed by atoms with van der Waals surface area (Å²) in [5.41, 5.74) is 7.70. The Morgan fingerprint density at radius 3 is 3.10 bits per heavy atom. The number of rotatable bonds is 3. The highest BCUT2D eigenvalue weighted by Crippen LogP contribution is 2.17. The van der Waals surface area contributed by atoms with E-state index in [4.69, 9.17) is 5.73 Å². The summed E-state index contributed by atoms with van der Waals surface area (Å²) in [6, 6.07) is 9.40. The molecule has 1 aliphatic heterocycles. The average molecular weight is 288 g/mol. The van der Waals surface area contributed by atoms with Gasteiger partial charge in [0.2, 0.25) is 0 Å². The van der Waals surface area contributed by atoms with E-state index in [0.717, 1.165) is 23.6 Å². The molecule has 5 nitrogen and oxygen atoms in total. The first-order valence-corrected chi connectivity index (χ1v) is 7.68. The van der Waals surface area contributed by atoms with Gasteiger partial charge in [-0.15, -0.1) is 0 Å². The lowest BCUT2D eigenvalue weighted by Crippen LogP contribution is -2.34. The first-order chi connectivity index (χ1) is 9.72. The minimum Gasteiger partial charge on any atom is -0.399 e. The van der Waals surface area contributed by atoms with Crippen molar-refractivity contribution in [3.8, 4) is 5.69 Å². The van der Waals surface area contributed by atoms with Crippen molar-refractivity contribution in [3.05, 3.63) is 42.2 Å². The molecule has 1 aliphatic rings. The number of carbonyl (C=O) groups excluding carboxylic acids is 1. The van der Waals surface area contributed by atoms with E-state index < -0.39 is 0 Å². The molecule has 0 bridgehead atoms. The van der Waals surface area contributed by atoms with Gasteiger partial charge in [-0.05, 0) is 36.4 Å². The number of nitrogens with zero attached hydrogens (tertiary/aromatic N) is 2. The van der Waals surface area contributed by atoms with Crippen molar-refractivity contribution >= 4 is 23.4 Å². The van der Waals surface area contributed by atoms with E-state index in [1.807, 2.05) is 36.0 Å². The molecule has 0 spiro atoms. The third-order valence-corrected chi connectivity index (χ3v) is 4.38. The fraction of sp³-hybridized carbons (Fsp3) is 0.286. The van der Waals surface area contributed by atoms with Crippen molar-refractivity contribution in [2.75, 3.05) is 17.2 Å². The molecule has 2 aromatic rings. The van der Waals surface area contributed by atoms with Gasteiger partial charge in [-0.25, -0.2) is 4.68 Å². The highest BCUT2D eigenvalue weighted by Gasteiger charge is 2.19. The second-order valence-electron chi connectivity index (χ2n) is 4.77. The van der Waals surface area contributed by atoms with Crippen LogP contribution in [0.2, 0.25) is 0 Å². The minimum atomic E-state index is -0.111. The molecule has 2 heterocycles. The predicted octanol–water partition coefficient (Wildman–Crippen LogP) is 1.69. The quantitative estimate of drug-likeness (QED) is 0.843. The van der Waals surface area contributed by atoms with Crippen molar-refractivity contribution in [3.63, 3.8) is 0 Å². The van der Waals surface area contributed by atoms with E-state index in [2.05, 4.69) is 10.4 Å². The molecule has 6 heteroatoms. The Balaban J connectivity index is 1.74. The van der Waals surface area contributed by atoms with Crippen LogP contribution in [0.4, 0.5) is 5.69 Å². The zero-order valence-corrected chi connectivity index (χ0v) is 11.8. The van der Waals surface area contributed by atoms with Gasteiger partial charge < -0.3 is 11.1 Å². The molecule has 20 heavy (non-hydrogen) atoms. The maximum atomic E-state index is 12.1. The summed E-state index contributed by atoms with van der Waals surface area (Å²) < 4.78 is 1.66. The van der Waals surface area contributed by atoms with Gasteiger partial charge in [0.15, 0.2) is 5.69 Å². The largest absolute Gasteiger partial charge is 0.399 e. The molecule has 0 radical (unpaired) electrons. The Hall–Kier alpha value is -1.95. The fourth-order valence-electron chi connectivity index (χ4n) is 2.16. The molecule has 1 atom stereocenters. The number of carbonyl (C=O) groups is 1. The summed E-state index contributed by atoms with van der Waals surface area (Å²) in [7, 11) is 0. The number of thioether (sulfide) groups is 1. The Morgan fingerprint density at radius 2 is 2.35 bits per heavy atom. The molecule has 1 amide bonds. The van der Waals surface area contributed by atoms with Crippen LogP contribution in [0.3, 0.4) is 0 Å². The third kappa shape index (κ3) is 2.80. The van der Waals surface area contributed by atoms with Crippen molar-refractivity contribution in [1.29, 1.82) is 0 Å². The number of amides is 1. The molecule has 3 rings (SSSR count). The van der Waals surface area contributed by atoms with Gasteiger partial charge in [-0.2, -0.15) is 16.9 Å². The summed E-state index contributed by atoms with van der Waals surface area (Å²) >= 11 is 1.87. The van der Waals surface area contributed by atoms with Crippen LogP contribution < -0.4 is 11.1 Å². The van der Waals surface area contributed by atoms with E-state index in [9.17, 15) is 4.79 Å². The normalized spacial score (nSPS) is 18.1. The van der Waals surface area contributed by atoms with E-state index >= 15 is 0 Å². The SMILES string of the molecule is Nc1cccc(-n2ccc(C(=O)NC3CCSC3)n2)c1. The van der Waals surface area contributed by atoms with Gasteiger partial charge in [0.25, 0.3) is 5.91 Å². The lowest BCUT2D eigenvalue weighted by Gasteiger charge is -2.09. The Bertz CT molecular complexity index is 619. The number of nitrogens with one attached hydrogen (secondary N) is 1. The first kappa shape index (κ1) is 13.1. The number of aromatic nitrogens is 2. The van der Waals surface area contributed by atoms with Gasteiger partial charge in [0.1, 0.15) is 0 Å². The molecule has 1 fully saturated rings. The summed E-state index contributed by atoms with van der Waals surface area (Å²) in [6.07, 6.45) is 2.80. The standard InChI is InChI=1S/C14H16N4OS/c15-10-2-1-3-12(8-10)18-6-4-13(17-18)14(19)16-11-5-7-20-9-11/h1-4,6,8,11H,5,7,9,15H2,(H,16,19). The number of benzene rings is 1. The summed E-state index contributed by atoms with van der Waals surface area (Å²) in [4.78, 5) is 12.1. The van der Waals surface area contributed by atoms with Crippen LogP contribution in [0.1, 0.15) is 16.9 Å². The van der Waals surface area contributed by atoms with Crippen LogP contribution in [-0.2, 0) is 0 Å². The van der Waals surface area contributed by atoms with Gasteiger partial charge >= 0.3 is 0 Å². The second-order valence-corrected chi connectivity index (χ2v) is 5.92.